The van der Waals surface area contributed by atoms with Crippen molar-refractivity contribution in [1.82, 2.24) is 4.31 Å². The molecule has 1 fully saturated rings. The molecule has 1 amide bonds. The Labute approximate surface area is 200 Å². The zero-order chi connectivity index (χ0) is 25.1. The second kappa shape index (κ2) is 10.2. The predicted octanol–water partition coefficient (Wildman–Crippen LogP) is 2.28. The molecule has 10 nitrogen and oxygen atoms in total. The number of hydrogen-bond acceptors (Lipinski definition) is 7. The van der Waals surface area contributed by atoms with Gasteiger partial charge in [-0.05, 0) is 62.2 Å². The molecule has 0 saturated carbocycles. The molecule has 1 atom stereocenters. The number of nitrogens with one attached hydrogen (secondary N) is 1. The summed E-state index contributed by atoms with van der Waals surface area (Å²) >= 11 is 0. The number of methoxy groups -OCH3 is 1. The Morgan fingerprint density at radius 1 is 1.06 bits per heavy atom. The van der Waals surface area contributed by atoms with Crippen LogP contribution < -0.4 is 19.1 Å². The topological polar surface area (TPSA) is 122 Å². The lowest BCUT2D eigenvalue weighted by atomic mass is 10.2. The van der Waals surface area contributed by atoms with Crippen LogP contribution in [0.1, 0.15) is 19.8 Å². The minimum absolute atomic E-state index is 0.0738. The largest absolute Gasteiger partial charge is 0.495 e. The molecule has 2 aromatic rings. The number of carbonyl (C=O) groups excluding carboxylic acids is 1. The maximum Gasteiger partial charge on any atom is 0.265 e. The third kappa shape index (κ3) is 5.80. The molecule has 1 aliphatic heterocycles. The van der Waals surface area contributed by atoms with Crippen molar-refractivity contribution >= 4 is 37.3 Å². The number of rotatable bonds is 9. The SMILES string of the molecule is COc1ccc(S(=O)(=O)N2CCCC2)cc1NC(=O)C(C)Oc1ccc(N(C)S(C)(=O)=O)cc1. The highest BCUT2D eigenvalue weighted by molar-refractivity contribution is 7.92. The van der Waals surface area contributed by atoms with Crippen LogP contribution in [0.3, 0.4) is 0 Å². The van der Waals surface area contributed by atoms with E-state index in [1.165, 1.54) is 36.7 Å². The third-order valence-corrected chi connectivity index (χ3v) is 8.61. The molecular formula is C22H29N3O7S2. The van der Waals surface area contributed by atoms with Crippen molar-refractivity contribution < 1.29 is 31.1 Å². The van der Waals surface area contributed by atoms with Gasteiger partial charge in [0, 0.05) is 20.1 Å². The molecule has 1 unspecified atom stereocenters. The van der Waals surface area contributed by atoms with E-state index in [1.807, 2.05) is 0 Å². The maximum absolute atomic E-state index is 12.9. The number of ether oxygens (including phenoxy) is 2. The highest BCUT2D eigenvalue weighted by Crippen LogP contribution is 2.30. The number of sulfonamides is 2. The molecule has 1 saturated heterocycles. The second-order valence-corrected chi connectivity index (χ2v) is 11.9. The molecule has 2 aromatic carbocycles. The standard InChI is InChI=1S/C22H29N3O7S2/c1-16(32-18-9-7-17(8-10-18)24(2)33(4,27)28)22(26)23-20-15-19(11-12-21(20)31-3)34(29,30)25-13-5-6-14-25/h7-12,15-16H,5-6,13-14H2,1-4H3,(H,23,26). The van der Waals surface area contributed by atoms with Gasteiger partial charge in [-0.15, -0.1) is 0 Å². The smallest absolute Gasteiger partial charge is 0.265 e. The van der Waals surface area contributed by atoms with Gasteiger partial charge in [-0.3, -0.25) is 9.10 Å². The van der Waals surface area contributed by atoms with Gasteiger partial charge in [-0.2, -0.15) is 4.31 Å². The van der Waals surface area contributed by atoms with E-state index < -0.39 is 32.1 Å². The minimum atomic E-state index is -3.66. The number of carbonyl (C=O) groups is 1. The molecule has 0 bridgehead atoms. The molecule has 0 aromatic heterocycles. The van der Waals surface area contributed by atoms with Gasteiger partial charge < -0.3 is 14.8 Å². The lowest BCUT2D eigenvalue weighted by Gasteiger charge is -2.19. The van der Waals surface area contributed by atoms with Crippen LogP contribution in [-0.2, 0) is 24.8 Å². The van der Waals surface area contributed by atoms with Gasteiger partial charge in [0.05, 0.1) is 29.6 Å². The summed E-state index contributed by atoms with van der Waals surface area (Å²) in [5.74, 6) is 0.172. The predicted molar refractivity (Wildman–Crippen MR) is 129 cm³/mol. The first-order valence-corrected chi connectivity index (χ1v) is 13.9. The van der Waals surface area contributed by atoms with E-state index in [0.29, 0.717) is 30.3 Å². The van der Waals surface area contributed by atoms with Gasteiger partial charge in [0.15, 0.2) is 6.10 Å². The van der Waals surface area contributed by atoms with Gasteiger partial charge >= 0.3 is 0 Å². The van der Waals surface area contributed by atoms with E-state index >= 15 is 0 Å². The number of hydrogen-bond donors (Lipinski definition) is 1. The van der Waals surface area contributed by atoms with E-state index in [0.717, 1.165) is 23.4 Å². The van der Waals surface area contributed by atoms with Crippen molar-refractivity contribution in [2.24, 2.45) is 0 Å². The van der Waals surface area contributed by atoms with Crippen molar-refractivity contribution in [3.8, 4) is 11.5 Å². The van der Waals surface area contributed by atoms with E-state index in [4.69, 9.17) is 9.47 Å². The Hall–Kier alpha value is -2.83. The fraction of sp³-hybridized carbons (Fsp3) is 0.409. The summed E-state index contributed by atoms with van der Waals surface area (Å²) < 4.78 is 62.6. The monoisotopic (exact) mass is 511 g/mol. The van der Waals surface area contributed by atoms with Crippen molar-refractivity contribution in [3.05, 3.63) is 42.5 Å². The fourth-order valence-corrected chi connectivity index (χ4v) is 5.49. The molecule has 0 radical (unpaired) electrons. The van der Waals surface area contributed by atoms with Crippen LogP contribution in [0.25, 0.3) is 0 Å². The Kier molecular flexibility index (Phi) is 7.74. The number of anilines is 2. The van der Waals surface area contributed by atoms with E-state index in [-0.39, 0.29) is 10.6 Å². The molecule has 0 spiro atoms. The molecule has 34 heavy (non-hydrogen) atoms. The Morgan fingerprint density at radius 2 is 1.68 bits per heavy atom. The summed E-state index contributed by atoms with van der Waals surface area (Å²) in [5.41, 5.74) is 0.668. The third-order valence-electron chi connectivity index (χ3n) is 5.51. The van der Waals surface area contributed by atoms with E-state index in [9.17, 15) is 21.6 Å². The molecule has 1 heterocycles. The normalized spacial score (nSPS) is 15.5. The molecule has 1 aliphatic rings. The highest BCUT2D eigenvalue weighted by Gasteiger charge is 2.28. The molecule has 186 valence electrons. The van der Waals surface area contributed by atoms with Gasteiger partial charge in [0.1, 0.15) is 11.5 Å². The van der Waals surface area contributed by atoms with Crippen LogP contribution in [0.5, 0.6) is 11.5 Å². The zero-order valence-corrected chi connectivity index (χ0v) is 21.1. The van der Waals surface area contributed by atoms with Gasteiger partial charge in [0.2, 0.25) is 20.0 Å². The van der Waals surface area contributed by atoms with E-state index in [1.54, 1.807) is 31.2 Å². The average Bonchev–Trinajstić information content (AvgIpc) is 3.34. The van der Waals surface area contributed by atoms with Crippen molar-refractivity contribution in [3.63, 3.8) is 0 Å². The highest BCUT2D eigenvalue weighted by atomic mass is 32.2. The van der Waals surface area contributed by atoms with Gasteiger partial charge in [0.25, 0.3) is 5.91 Å². The Bertz CT molecular complexity index is 1240. The number of amides is 1. The van der Waals surface area contributed by atoms with Crippen LogP contribution >= 0.6 is 0 Å². The lowest BCUT2D eigenvalue weighted by Crippen LogP contribution is -2.31. The molecule has 3 rings (SSSR count). The van der Waals surface area contributed by atoms with Crippen LogP contribution in [0.4, 0.5) is 11.4 Å². The first-order valence-electron chi connectivity index (χ1n) is 10.6. The van der Waals surface area contributed by atoms with Crippen molar-refractivity contribution in [2.45, 2.75) is 30.8 Å². The second-order valence-electron chi connectivity index (χ2n) is 7.95. The molecule has 1 N–H and O–H groups in total. The average molecular weight is 512 g/mol. The summed E-state index contributed by atoms with van der Waals surface area (Å²) in [6.07, 6.45) is 1.81. The van der Waals surface area contributed by atoms with Crippen molar-refractivity contribution in [1.29, 1.82) is 0 Å². The zero-order valence-electron chi connectivity index (χ0n) is 19.5. The van der Waals surface area contributed by atoms with Crippen molar-refractivity contribution in [2.75, 3.05) is 43.1 Å². The quantitative estimate of drug-likeness (QED) is 0.548. The Morgan fingerprint density at radius 3 is 2.24 bits per heavy atom. The summed E-state index contributed by atoms with van der Waals surface area (Å²) in [5, 5.41) is 2.67. The summed E-state index contributed by atoms with van der Waals surface area (Å²) in [6, 6.07) is 10.6. The van der Waals surface area contributed by atoms with Crippen LogP contribution in [-0.4, -0.2) is 66.7 Å². The lowest BCUT2D eigenvalue weighted by molar-refractivity contribution is -0.122. The first kappa shape index (κ1) is 25.8. The Balaban J connectivity index is 1.73. The number of nitrogens with zero attached hydrogens (tertiary/aromatic N) is 2. The molecule has 12 heteroatoms. The minimum Gasteiger partial charge on any atom is -0.495 e. The van der Waals surface area contributed by atoms with E-state index in [2.05, 4.69) is 5.32 Å². The van der Waals surface area contributed by atoms with Crippen LogP contribution in [0.2, 0.25) is 0 Å². The summed E-state index contributed by atoms with van der Waals surface area (Å²) in [4.78, 5) is 12.8. The first-order chi connectivity index (χ1) is 15.9. The number of benzene rings is 2. The van der Waals surface area contributed by atoms with Crippen LogP contribution in [0.15, 0.2) is 47.4 Å². The maximum atomic E-state index is 12.9. The summed E-state index contributed by atoms with van der Waals surface area (Å²) in [7, 11) is -4.20. The van der Waals surface area contributed by atoms with Gasteiger partial charge in [-0.25, -0.2) is 16.8 Å². The molecular weight excluding hydrogens is 482 g/mol. The van der Waals surface area contributed by atoms with Gasteiger partial charge in [-0.1, -0.05) is 0 Å². The molecule has 0 aliphatic carbocycles. The summed E-state index contributed by atoms with van der Waals surface area (Å²) in [6.45, 7) is 2.49. The van der Waals surface area contributed by atoms with Crippen LogP contribution in [0, 0.1) is 0 Å². The fourth-order valence-electron chi connectivity index (χ4n) is 3.44.